The molecule has 0 aliphatic heterocycles. The van der Waals surface area contributed by atoms with Crippen molar-refractivity contribution in [1.29, 1.82) is 0 Å². The second-order valence-electron chi connectivity index (χ2n) is 4.75. The molecule has 3 aromatic rings. The lowest BCUT2D eigenvalue weighted by Crippen LogP contribution is -1.88. The first kappa shape index (κ1) is 12.0. The van der Waals surface area contributed by atoms with Crippen molar-refractivity contribution in [1.82, 2.24) is 10.1 Å². The molecule has 0 saturated heterocycles. The monoisotopic (exact) mass is 256 g/mol. The Morgan fingerprint density at radius 3 is 2.84 bits per heavy atom. The zero-order valence-electron chi connectivity index (χ0n) is 11.0. The van der Waals surface area contributed by atoms with E-state index in [9.17, 15) is 0 Å². The van der Waals surface area contributed by atoms with Crippen molar-refractivity contribution in [2.45, 2.75) is 20.3 Å². The summed E-state index contributed by atoms with van der Waals surface area (Å²) in [7, 11) is 0. The predicted octanol–water partition coefficient (Wildman–Crippen LogP) is 2.97. The normalized spacial score (nSPS) is 11.3. The van der Waals surface area contributed by atoms with Gasteiger partial charge >= 0.3 is 0 Å². The van der Waals surface area contributed by atoms with Crippen LogP contribution in [0.2, 0.25) is 0 Å². The minimum Gasteiger partial charge on any atom is -0.396 e. The Hall–Kier alpha value is -2.07. The van der Waals surface area contributed by atoms with Crippen LogP contribution in [0.3, 0.4) is 0 Å². The van der Waals surface area contributed by atoms with Gasteiger partial charge in [0.05, 0.1) is 5.69 Å². The van der Waals surface area contributed by atoms with Crippen LogP contribution in [0.25, 0.3) is 22.0 Å². The number of aliphatic hydroxyl groups is 1. The maximum atomic E-state index is 9.10. The third-order valence-corrected chi connectivity index (χ3v) is 3.47. The minimum absolute atomic E-state index is 0.155. The first-order valence-electron chi connectivity index (χ1n) is 6.35. The average Bonchev–Trinajstić information content (AvgIpc) is 2.94. The van der Waals surface area contributed by atoms with Crippen LogP contribution in [0, 0.1) is 13.8 Å². The van der Waals surface area contributed by atoms with Gasteiger partial charge in [-0.15, -0.1) is 0 Å². The number of aryl methyl sites for hydroxylation is 2. The Balaban J connectivity index is 2.18. The van der Waals surface area contributed by atoms with E-state index in [2.05, 4.69) is 28.3 Å². The Kier molecular flexibility index (Phi) is 2.87. The SMILES string of the molecule is Cc1noc(C)c1-c1ccc2[nH]cc(CCO)c2c1. The molecule has 0 aliphatic rings. The number of nitrogens with zero attached hydrogens (tertiary/aromatic N) is 1. The van der Waals surface area contributed by atoms with E-state index in [0.717, 1.165) is 39.0 Å². The van der Waals surface area contributed by atoms with E-state index in [-0.39, 0.29) is 6.61 Å². The Labute approximate surface area is 111 Å². The molecule has 2 aromatic heterocycles. The summed E-state index contributed by atoms with van der Waals surface area (Å²) in [6, 6.07) is 6.24. The fourth-order valence-corrected chi connectivity index (χ4v) is 2.56. The fourth-order valence-electron chi connectivity index (χ4n) is 2.56. The molecule has 0 radical (unpaired) electrons. The molecular weight excluding hydrogens is 240 g/mol. The van der Waals surface area contributed by atoms with Gasteiger partial charge < -0.3 is 14.6 Å². The van der Waals surface area contributed by atoms with Crippen LogP contribution in [0.1, 0.15) is 17.0 Å². The lowest BCUT2D eigenvalue weighted by molar-refractivity contribution is 0.300. The molecule has 0 atom stereocenters. The predicted molar refractivity (Wildman–Crippen MR) is 74.1 cm³/mol. The summed E-state index contributed by atoms with van der Waals surface area (Å²) in [4.78, 5) is 3.22. The highest BCUT2D eigenvalue weighted by atomic mass is 16.5. The van der Waals surface area contributed by atoms with Gasteiger partial charge in [-0.3, -0.25) is 0 Å². The van der Waals surface area contributed by atoms with Crippen molar-refractivity contribution in [3.63, 3.8) is 0 Å². The number of hydrogen-bond acceptors (Lipinski definition) is 3. The zero-order valence-corrected chi connectivity index (χ0v) is 11.0. The van der Waals surface area contributed by atoms with Gasteiger partial charge in [0.1, 0.15) is 5.76 Å². The summed E-state index contributed by atoms with van der Waals surface area (Å²) in [5.74, 6) is 0.830. The number of aromatic amines is 1. The Morgan fingerprint density at radius 2 is 2.16 bits per heavy atom. The minimum atomic E-state index is 0.155. The first-order valence-corrected chi connectivity index (χ1v) is 6.35. The van der Waals surface area contributed by atoms with Gasteiger partial charge in [0.2, 0.25) is 0 Å². The van der Waals surface area contributed by atoms with E-state index < -0.39 is 0 Å². The molecule has 0 spiro atoms. The van der Waals surface area contributed by atoms with E-state index in [1.165, 1.54) is 0 Å². The quantitative estimate of drug-likeness (QED) is 0.757. The number of rotatable bonds is 3. The molecule has 19 heavy (non-hydrogen) atoms. The van der Waals surface area contributed by atoms with Crippen LogP contribution in [-0.2, 0) is 6.42 Å². The number of aromatic nitrogens is 2. The van der Waals surface area contributed by atoms with Crippen LogP contribution >= 0.6 is 0 Å². The number of hydrogen-bond donors (Lipinski definition) is 2. The van der Waals surface area contributed by atoms with Crippen molar-refractivity contribution in [3.8, 4) is 11.1 Å². The summed E-state index contributed by atoms with van der Waals surface area (Å²) in [5.41, 5.74) is 5.27. The topological polar surface area (TPSA) is 62.0 Å². The van der Waals surface area contributed by atoms with E-state index in [0.29, 0.717) is 6.42 Å². The second kappa shape index (κ2) is 4.55. The van der Waals surface area contributed by atoms with Crippen molar-refractivity contribution < 1.29 is 9.63 Å². The highest BCUT2D eigenvalue weighted by molar-refractivity contribution is 5.88. The van der Waals surface area contributed by atoms with E-state index >= 15 is 0 Å². The molecule has 2 heterocycles. The molecule has 0 aliphatic carbocycles. The molecule has 0 unspecified atom stereocenters. The smallest absolute Gasteiger partial charge is 0.141 e. The van der Waals surface area contributed by atoms with Crippen molar-refractivity contribution in [3.05, 3.63) is 41.4 Å². The van der Waals surface area contributed by atoms with Crippen LogP contribution in [0.4, 0.5) is 0 Å². The van der Waals surface area contributed by atoms with Gasteiger partial charge in [0.15, 0.2) is 0 Å². The highest BCUT2D eigenvalue weighted by Crippen LogP contribution is 2.30. The summed E-state index contributed by atoms with van der Waals surface area (Å²) in [5, 5.41) is 14.2. The molecular formula is C15H16N2O2. The van der Waals surface area contributed by atoms with Gasteiger partial charge in [-0.2, -0.15) is 0 Å². The lowest BCUT2D eigenvalue weighted by atomic mass is 10.0. The summed E-state index contributed by atoms with van der Waals surface area (Å²) in [6.45, 7) is 4.02. The van der Waals surface area contributed by atoms with Crippen LogP contribution in [0.15, 0.2) is 28.9 Å². The summed E-state index contributed by atoms with van der Waals surface area (Å²) >= 11 is 0. The van der Waals surface area contributed by atoms with E-state index in [1.54, 1.807) is 0 Å². The molecule has 0 saturated carbocycles. The van der Waals surface area contributed by atoms with Gasteiger partial charge in [-0.25, -0.2) is 0 Å². The number of H-pyrrole nitrogens is 1. The van der Waals surface area contributed by atoms with E-state index in [4.69, 9.17) is 9.63 Å². The molecule has 2 N–H and O–H groups in total. The number of nitrogens with one attached hydrogen (secondary N) is 1. The van der Waals surface area contributed by atoms with E-state index in [1.807, 2.05) is 20.0 Å². The van der Waals surface area contributed by atoms with Crippen LogP contribution in [-0.4, -0.2) is 21.9 Å². The summed E-state index contributed by atoms with van der Waals surface area (Å²) in [6.07, 6.45) is 2.61. The number of benzene rings is 1. The number of aliphatic hydroxyl groups excluding tert-OH is 1. The third kappa shape index (κ3) is 1.94. The van der Waals surface area contributed by atoms with Crippen LogP contribution in [0.5, 0.6) is 0 Å². The molecule has 0 amide bonds. The van der Waals surface area contributed by atoms with Gasteiger partial charge in [0, 0.05) is 29.3 Å². The standard InChI is InChI=1S/C15H16N2O2/c1-9-15(10(2)19-17-9)11-3-4-14-13(7-11)12(5-6-18)8-16-14/h3-4,7-8,16,18H,5-6H2,1-2H3. The average molecular weight is 256 g/mol. The maximum Gasteiger partial charge on any atom is 0.141 e. The van der Waals surface area contributed by atoms with Gasteiger partial charge in [-0.05, 0) is 43.5 Å². The zero-order chi connectivity index (χ0) is 13.4. The number of fused-ring (bicyclic) bond motifs is 1. The second-order valence-corrected chi connectivity index (χ2v) is 4.75. The van der Waals surface area contributed by atoms with Gasteiger partial charge in [-0.1, -0.05) is 11.2 Å². The lowest BCUT2D eigenvalue weighted by Gasteiger charge is -2.02. The summed E-state index contributed by atoms with van der Waals surface area (Å²) < 4.78 is 5.22. The van der Waals surface area contributed by atoms with Gasteiger partial charge in [0.25, 0.3) is 0 Å². The molecule has 3 rings (SSSR count). The highest BCUT2D eigenvalue weighted by Gasteiger charge is 2.13. The maximum absolute atomic E-state index is 9.10. The largest absolute Gasteiger partial charge is 0.396 e. The molecule has 4 nitrogen and oxygen atoms in total. The fraction of sp³-hybridized carbons (Fsp3) is 0.267. The van der Waals surface area contributed by atoms with Crippen molar-refractivity contribution in [2.24, 2.45) is 0 Å². The first-order chi connectivity index (χ1) is 9.20. The Morgan fingerprint density at radius 1 is 1.32 bits per heavy atom. The third-order valence-electron chi connectivity index (χ3n) is 3.47. The van der Waals surface area contributed by atoms with Crippen LogP contribution < -0.4 is 0 Å². The molecule has 1 aromatic carbocycles. The molecule has 4 heteroatoms. The molecule has 98 valence electrons. The van der Waals surface area contributed by atoms with Crippen molar-refractivity contribution in [2.75, 3.05) is 6.61 Å². The van der Waals surface area contributed by atoms with Crippen molar-refractivity contribution >= 4 is 10.9 Å². The Bertz CT molecular complexity index is 705. The molecule has 0 bridgehead atoms. The molecule has 0 fully saturated rings.